The quantitative estimate of drug-likeness (QED) is 0.705. The summed E-state index contributed by atoms with van der Waals surface area (Å²) < 4.78 is 13.1. The van der Waals surface area contributed by atoms with Crippen molar-refractivity contribution in [1.82, 2.24) is 9.55 Å². The molecule has 0 N–H and O–H groups in total. The maximum atomic E-state index is 5.53. The SMILES string of the molecule is COc1cc(-c2csc(-n3c(C)ccc3C)n2)c(OC)cc1C. The predicted octanol–water partition coefficient (Wildman–Crippen LogP) is 4.54. The molecule has 0 aliphatic heterocycles. The second-order valence-electron chi connectivity index (χ2n) is 5.49. The average molecular weight is 328 g/mol. The van der Waals surface area contributed by atoms with Gasteiger partial charge in [0.15, 0.2) is 5.13 Å². The first-order valence-corrected chi connectivity index (χ1v) is 8.27. The highest BCUT2D eigenvalue weighted by Gasteiger charge is 2.15. The van der Waals surface area contributed by atoms with Crippen LogP contribution in [-0.4, -0.2) is 23.8 Å². The molecule has 0 unspecified atom stereocenters. The van der Waals surface area contributed by atoms with Gasteiger partial charge in [-0.25, -0.2) is 4.98 Å². The maximum absolute atomic E-state index is 5.53. The number of rotatable bonds is 4. The fraction of sp³-hybridized carbons (Fsp3) is 0.278. The van der Waals surface area contributed by atoms with Crippen LogP contribution in [-0.2, 0) is 0 Å². The number of aromatic nitrogens is 2. The molecule has 23 heavy (non-hydrogen) atoms. The van der Waals surface area contributed by atoms with Crippen LogP contribution in [0.5, 0.6) is 11.5 Å². The summed E-state index contributed by atoms with van der Waals surface area (Å²) in [6, 6.07) is 8.18. The van der Waals surface area contributed by atoms with Crippen molar-refractivity contribution in [1.29, 1.82) is 0 Å². The van der Waals surface area contributed by atoms with Crippen molar-refractivity contribution in [2.45, 2.75) is 20.8 Å². The van der Waals surface area contributed by atoms with Crippen molar-refractivity contribution in [3.8, 4) is 27.9 Å². The number of benzene rings is 1. The first-order chi connectivity index (χ1) is 11.0. The van der Waals surface area contributed by atoms with E-state index < -0.39 is 0 Å². The Morgan fingerprint density at radius 2 is 1.61 bits per heavy atom. The summed E-state index contributed by atoms with van der Waals surface area (Å²) in [6.45, 7) is 6.18. The monoisotopic (exact) mass is 328 g/mol. The molecule has 0 aliphatic carbocycles. The lowest BCUT2D eigenvalue weighted by Crippen LogP contribution is -1.98. The molecule has 4 nitrogen and oxygen atoms in total. The van der Waals surface area contributed by atoms with E-state index in [-0.39, 0.29) is 0 Å². The lowest BCUT2D eigenvalue weighted by Gasteiger charge is -2.11. The Labute approximate surface area is 140 Å². The van der Waals surface area contributed by atoms with Crippen molar-refractivity contribution < 1.29 is 9.47 Å². The number of aryl methyl sites for hydroxylation is 3. The summed E-state index contributed by atoms with van der Waals surface area (Å²) in [6.07, 6.45) is 0. The third-order valence-electron chi connectivity index (χ3n) is 3.95. The number of nitrogens with zero attached hydrogens (tertiary/aromatic N) is 2. The zero-order valence-electron chi connectivity index (χ0n) is 14.0. The van der Waals surface area contributed by atoms with Gasteiger partial charge in [-0.1, -0.05) is 0 Å². The van der Waals surface area contributed by atoms with E-state index >= 15 is 0 Å². The van der Waals surface area contributed by atoms with Crippen molar-refractivity contribution in [3.05, 3.63) is 46.6 Å². The Kier molecular flexibility index (Phi) is 4.13. The zero-order chi connectivity index (χ0) is 16.6. The minimum atomic E-state index is 0.807. The van der Waals surface area contributed by atoms with Gasteiger partial charge in [0.25, 0.3) is 0 Å². The summed E-state index contributed by atoms with van der Waals surface area (Å²) in [5.74, 6) is 1.64. The molecule has 0 bridgehead atoms. The Morgan fingerprint density at radius 3 is 2.22 bits per heavy atom. The van der Waals surface area contributed by atoms with Gasteiger partial charge in [-0.2, -0.15) is 0 Å². The summed E-state index contributed by atoms with van der Waals surface area (Å²) in [4.78, 5) is 4.80. The standard InChI is InChI=1S/C18H20N2O2S/c1-11-8-17(22-5)14(9-16(11)21-4)15-10-23-18(19-15)20-12(2)6-7-13(20)3/h6-10H,1-5H3. The molecule has 0 fully saturated rings. The molecule has 1 aromatic carbocycles. The summed E-state index contributed by atoms with van der Waals surface area (Å²) in [7, 11) is 3.36. The van der Waals surface area contributed by atoms with E-state index in [1.807, 2.05) is 19.1 Å². The molecule has 2 aromatic heterocycles. The molecule has 0 spiro atoms. The van der Waals surface area contributed by atoms with Gasteiger partial charge in [-0.15, -0.1) is 11.3 Å². The summed E-state index contributed by atoms with van der Waals surface area (Å²) in [5.41, 5.74) is 5.24. The molecule has 3 rings (SSSR count). The number of ether oxygens (including phenoxy) is 2. The molecular weight excluding hydrogens is 308 g/mol. The van der Waals surface area contributed by atoms with E-state index in [0.717, 1.165) is 33.5 Å². The van der Waals surface area contributed by atoms with E-state index in [9.17, 15) is 0 Å². The molecule has 120 valence electrons. The lowest BCUT2D eigenvalue weighted by atomic mass is 10.1. The molecular formula is C18H20N2O2S. The van der Waals surface area contributed by atoms with E-state index in [4.69, 9.17) is 14.5 Å². The maximum Gasteiger partial charge on any atom is 0.194 e. The lowest BCUT2D eigenvalue weighted by molar-refractivity contribution is 0.401. The summed E-state index contributed by atoms with van der Waals surface area (Å²) >= 11 is 1.62. The molecule has 0 radical (unpaired) electrons. The Bertz CT molecular complexity index is 829. The second-order valence-corrected chi connectivity index (χ2v) is 6.33. The molecule has 2 heterocycles. The van der Waals surface area contributed by atoms with Gasteiger partial charge in [-0.05, 0) is 50.6 Å². The second kappa shape index (κ2) is 6.08. The van der Waals surface area contributed by atoms with Crippen molar-refractivity contribution in [2.24, 2.45) is 0 Å². The zero-order valence-corrected chi connectivity index (χ0v) is 14.8. The van der Waals surface area contributed by atoms with Gasteiger partial charge in [0.2, 0.25) is 0 Å². The van der Waals surface area contributed by atoms with Crippen LogP contribution in [0.4, 0.5) is 0 Å². The van der Waals surface area contributed by atoms with Gasteiger partial charge < -0.3 is 9.47 Å². The van der Waals surface area contributed by atoms with Crippen LogP contribution >= 0.6 is 11.3 Å². The Balaban J connectivity index is 2.10. The van der Waals surface area contributed by atoms with Gasteiger partial charge in [0, 0.05) is 22.3 Å². The first kappa shape index (κ1) is 15.6. The average Bonchev–Trinajstić information content (AvgIpc) is 3.13. The van der Waals surface area contributed by atoms with Crippen LogP contribution < -0.4 is 9.47 Å². The Hall–Kier alpha value is -2.27. The van der Waals surface area contributed by atoms with Gasteiger partial charge in [0.05, 0.1) is 19.9 Å². The molecule has 0 amide bonds. The normalized spacial score (nSPS) is 10.8. The van der Waals surface area contributed by atoms with E-state index in [1.54, 1.807) is 25.6 Å². The van der Waals surface area contributed by atoms with Crippen molar-refractivity contribution in [3.63, 3.8) is 0 Å². The molecule has 0 saturated heterocycles. The van der Waals surface area contributed by atoms with Crippen molar-refractivity contribution in [2.75, 3.05) is 14.2 Å². The highest BCUT2D eigenvalue weighted by molar-refractivity contribution is 7.12. The topological polar surface area (TPSA) is 36.3 Å². The Morgan fingerprint density at radius 1 is 0.957 bits per heavy atom. The number of hydrogen-bond acceptors (Lipinski definition) is 4. The van der Waals surface area contributed by atoms with Crippen LogP contribution in [0.2, 0.25) is 0 Å². The van der Waals surface area contributed by atoms with Crippen LogP contribution in [0.1, 0.15) is 17.0 Å². The van der Waals surface area contributed by atoms with Crippen LogP contribution in [0.3, 0.4) is 0 Å². The highest BCUT2D eigenvalue weighted by Crippen LogP contribution is 2.37. The minimum absolute atomic E-state index is 0.807. The molecule has 3 aromatic rings. The molecule has 5 heteroatoms. The van der Waals surface area contributed by atoms with E-state index in [2.05, 4.69) is 35.9 Å². The minimum Gasteiger partial charge on any atom is -0.496 e. The van der Waals surface area contributed by atoms with E-state index in [0.29, 0.717) is 0 Å². The highest BCUT2D eigenvalue weighted by atomic mass is 32.1. The van der Waals surface area contributed by atoms with Gasteiger partial charge in [0.1, 0.15) is 11.5 Å². The first-order valence-electron chi connectivity index (χ1n) is 7.39. The van der Waals surface area contributed by atoms with Gasteiger partial charge in [-0.3, -0.25) is 4.57 Å². The van der Waals surface area contributed by atoms with Crippen LogP contribution in [0, 0.1) is 20.8 Å². The fourth-order valence-corrected chi connectivity index (χ4v) is 3.65. The van der Waals surface area contributed by atoms with Crippen LogP contribution in [0.15, 0.2) is 29.6 Å². The number of hydrogen-bond donors (Lipinski definition) is 0. The summed E-state index contributed by atoms with van der Waals surface area (Å²) in [5, 5.41) is 3.02. The van der Waals surface area contributed by atoms with Crippen molar-refractivity contribution >= 4 is 11.3 Å². The third kappa shape index (κ3) is 2.72. The third-order valence-corrected chi connectivity index (χ3v) is 4.77. The van der Waals surface area contributed by atoms with E-state index in [1.165, 1.54) is 11.4 Å². The number of thiazole rings is 1. The molecule has 0 atom stereocenters. The van der Waals surface area contributed by atoms with Crippen LogP contribution in [0.25, 0.3) is 16.4 Å². The van der Waals surface area contributed by atoms with Gasteiger partial charge >= 0.3 is 0 Å². The largest absolute Gasteiger partial charge is 0.496 e. The molecule has 0 saturated carbocycles. The predicted molar refractivity (Wildman–Crippen MR) is 94.2 cm³/mol. The fourth-order valence-electron chi connectivity index (χ4n) is 2.71. The molecule has 0 aliphatic rings. The number of methoxy groups -OCH3 is 2. The smallest absolute Gasteiger partial charge is 0.194 e.